The number of carbonyl (C=O) groups excluding carboxylic acids is 2. The molecule has 0 aliphatic heterocycles. The van der Waals surface area contributed by atoms with Gasteiger partial charge in [0.15, 0.2) is 0 Å². The van der Waals surface area contributed by atoms with Crippen LogP contribution in [0, 0.1) is 11.7 Å². The fraction of sp³-hybridized carbons (Fsp3) is 0.417. The Morgan fingerprint density at radius 2 is 1.68 bits per heavy atom. The van der Waals surface area contributed by atoms with Gasteiger partial charge in [0.05, 0.1) is 0 Å². The predicted octanol–water partition coefficient (Wildman–Crippen LogP) is 5.48. The standard InChI is InChI=1S/C24H27Cl2FN2O2/c1-16-2-12-21(13-3-16)28-24(31)23(18-6-8-19(26)9-7-18)29(22(30)14-25)15-17-4-10-20(27)11-5-17/h4-11,16,21,23H,2-3,12-15H2,1H3,(H,28,31)/t16?,21?,23-/m1/s1. The van der Waals surface area contributed by atoms with Gasteiger partial charge in [-0.1, -0.05) is 42.8 Å². The first-order chi connectivity index (χ1) is 14.9. The summed E-state index contributed by atoms with van der Waals surface area (Å²) >= 11 is 11.9. The lowest BCUT2D eigenvalue weighted by Gasteiger charge is -2.34. The molecule has 0 unspecified atom stereocenters. The second-order valence-corrected chi connectivity index (χ2v) is 8.90. The molecule has 4 nitrogen and oxygen atoms in total. The minimum Gasteiger partial charge on any atom is -0.351 e. The zero-order chi connectivity index (χ0) is 22.4. The van der Waals surface area contributed by atoms with Crippen molar-refractivity contribution in [3.05, 3.63) is 70.5 Å². The number of hydrogen-bond acceptors (Lipinski definition) is 2. The SMILES string of the molecule is CC1CCC(NC(=O)[C@@H](c2ccc(Cl)cc2)N(Cc2ccc(F)cc2)C(=O)CCl)CC1. The molecule has 0 aromatic heterocycles. The summed E-state index contributed by atoms with van der Waals surface area (Å²) in [5.74, 6) is -0.592. The van der Waals surface area contributed by atoms with Gasteiger partial charge in [-0.3, -0.25) is 9.59 Å². The lowest BCUT2D eigenvalue weighted by molar-refractivity contribution is -0.140. The Morgan fingerprint density at radius 3 is 2.26 bits per heavy atom. The molecule has 1 atom stereocenters. The molecular formula is C24H27Cl2FN2O2. The number of hydrogen-bond donors (Lipinski definition) is 1. The second-order valence-electron chi connectivity index (χ2n) is 8.20. The van der Waals surface area contributed by atoms with Crippen molar-refractivity contribution in [1.82, 2.24) is 10.2 Å². The minimum absolute atomic E-state index is 0.0808. The highest BCUT2D eigenvalue weighted by Gasteiger charge is 2.33. The van der Waals surface area contributed by atoms with Crippen LogP contribution in [0.2, 0.25) is 5.02 Å². The second kappa shape index (κ2) is 11.0. The average molecular weight is 465 g/mol. The van der Waals surface area contributed by atoms with E-state index in [1.54, 1.807) is 36.4 Å². The first-order valence-electron chi connectivity index (χ1n) is 10.5. The van der Waals surface area contributed by atoms with Gasteiger partial charge in [0.1, 0.15) is 17.7 Å². The van der Waals surface area contributed by atoms with Gasteiger partial charge in [-0.25, -0.2) is 4.39 Å². The maximum atomic E-state index is 13.4. The van der Waals surface area contributed by atoms with Gasteiger partial charge < -0.3 is 10.2 Å². The fourth-order valence-corrected chi connectivity index (χ4v) is 4.27. The van der Waals surface area contributed by atoms with E-state index in [4.69, 9.17) is 23.2 Å². The molecule has 0 radical (unpaired) electrons. The number of nitrogens with zero attached hydrogens (tertiary/aromatic N) is 1. The number of carbonyl (C=O) groups is 2. The van der Waals surface area contributed by atoms with Crippen LogP contribution in [0.3, 0.4) is 0 Å². The van der Waals surface area contributed by atoms with Crippen LogP contribution in [0.25, 0.3) is 0 Å². The van der Waals surface area contributed by atoms with Crippen LogP contribution in [0.1, 0.15) is 49.8 Å². The third-order valence-corrected chi connectivity index (χ3v) is 6.29. The van der Waals surface area contributed by atoms with Gasteiger partial charge in [0.2, 0.25) is 11.8 Å². The van der Waals surface area contributed by atoms with Crippen molar-refractivity contribution in [3.8, 4) is 0 Å². The van der Waals surface area contributed by atoms with E-state index in [0.717, 1.165) is 25.7 Å². The first kappa shape index (κ1) is 23.6. The largest absolute Gasteiger partial charge is 0.351 e. The molecule has 0 bridgehead atoms. The highest BCUT2D eigenvalue weighted by atomic mass is 35.5. The van der Waals surface area contributed by atoms with Crippen LogP contribution in [-0.4, -0.2) is 28.6 Å². The number of halogens is 3. The molecule has 2 amide bonds. The average Bonchev–Trinajstić information content (AvgIpc) is 2.77. The smallest absolute Gasteiger partial charge is 0.247 e. The maximum Gasteiger partial charge on any atom is 0.247 e. The van der Waals surface area contributed by atoms with Crippen LogP contribution in [-0.2, 0) is 16.1 Å². The molecule has 166 valence electrons. The van der Waals surface area contributed by atoms with E-state index in [2.05, 4.69) is 12.2 Å². The lowest BCUT2D eigenvalue weighted by atomic mass is 9.87. The van der Waals surface area contributed by atoms with E-state index in [1.165, 1.54) is 17.0 Å². The maximum absolute atomic E-state index is 13.4. The molecule has 0 spiro atoms. The third kappa shape index (κ3) is 6.44. The van der Waals surface area contributed by atoms with Crippen molar-refractivity contribution >= 4 is 35.0 Å². The zero-order valence-corrected chi connectivity index (χ0v) is 19.0. The third-order valence-electron chi connectivity index (χ3n) is 5.81. The molecule has 2 aromatic rings. The summed E-state index contributed by atoms with van der Waals surface area (Å²) in [5, 5.41) is 3.68. The summed E-state index contributed by atoms with van der Waals surface area (Å²) in [6.45, 7) is 2.35. The highest BCUT2D eigenvalue weighted by molar-refractivity contribution is 6.30. The Hall–Kier alpha value is -2.11. The zero-order valence-electron chi connectivity index (χ0n) is 17.5. The summed E-state index contributed by atoms with van der Waals surface area (Å²) in [7, 11) is 0. The van der Waals surface area contributed by atoms with Crippen molar-refractivity contribution in [2.75, 3.05) is 5.88 Å². The topological polar surface area (TPSA) is 49.4 Å². The van der Waals surface area contributed by atoms with Crippen LogP contribution in [0.5, 0.6) is 0 Å². The molecule has 7 heteroatoms. The Balaban J connectivity index is 1.90. The summed E-state index contributed by atoms with van der Waals surface area (Å²) < 4.78 is 13.3. The molecule has 3 rings (SSSR count). The van der Waals surface area contributed by atoms with Gasteiger partial charge in [-0.2, -0.15) is 0 Å². The predicted molar refractivity (Wildman–Crippen MR) is 121 cm³/mol. The highest BCUT2D eigenvalue weighted by Crippen LogP contribution is 2.28. The number of rotatable bonds is 7. The van der Waals surface area contributed by atoms with Crippen molar-refractivity contribution in [2.45, 2.75) is 51.2 Å². The van der Waals surface area contributed by atoms with Gasteiger partial charge in [0.25, 0.3) is 0 Å². The van der Waals surface area contributed by atoms with E-state index in [0.29, 0.717) is 22.1 Å². The summed E-state index contributed by atoms with van der Waals surface area (Å²) in [4.78, 5) is 27.7. The van der Waals surface area contributed by atoms with E-state index in [9.17, 15) is 14.0 Å². The molecule has 31 heavy (non-hydrogen) atoms. The quantitative estimate of drug-likeness (QED) is 0.551. The molecule has 1 saturated carbocycles. The lowest BCUT2D eigenvalue weighted by Crippen LogP contribution is -2.47. The Bertz CT molecular complexity index is 881. The summed E-state index contributed by atoms with van der Waals surface area (Å²) in [5.41, 5.74) is 1.35. The van der Waals surface area contributed by atoms with E-state index >= 15 is 0 Å². The molecule has 1 N–H and O–H groups in total. The van der Waals surface area contributed by atoms with E-state index in [1.807, 2.05) is 0 Å². The van der Waals surface area contributed by atoms with Crippen molar-refractivity contribution in [2.24, 2.45) is 5.92 Å². The van der Waals surface area contributed by atoms with E-state index in [-0.39, 0.29) is 36.1 Å². The Kier molecular flexibility index (Phi) is 8.33. The molecule has 1 fully saturated rings. The van der Waals surface area contributed by atoms with Crippen LogP contribution in [0.4, 0.5) is 4.39 Å². The van der Waals surface area contributed by atoms with Crippen molar-refractivity contribution in [3.63, 3.8) is 0 Å². The number of nitrogens with one attached hydrogen (secondary N) is 1. The van der Waals surface area contributed by atoms with Crippen LogP contribution >= 0.6 is 23.2 Å². The molecular weight excluding hydrogens is 438 g/mol. The number of amides is 2. The molecule has 0 heterocycles. The molecule has 0 saturated heterocycles. The monoisotopic (exact) mass is 464 g/mol. The Labute approximate surface area is 192 Å². The summed E-state index contributed by atoms with van der Waals surface area (Å²) in [6, 6.07) is 12.0. The minimum atomic E-state index is -0.868. The van der Waals surface area contributed by atoms with Crippen LogP contribution < -0.4 is 5.32 Å². The summed E-state index contributed by atoms with van der Waals surface area (Å²) in [6.07, 6.45) is 3.97. The molecule has 1 aliphatic rings. The molecule has 2 aromatic carbocycles. The number of benzene rings is 2. The van der Waals surface area contributed by atoms with Gasteiger partial charge >= 0.3 is 0 Å². The molecule has 1 aliphatic carbocycles. The van der Waals surface area contributed by atoms with Gasteiger partial charge in [0, 0.05) is 17.6 Å². The van der Waals surface area contributed by atoms with Crippen molar-refractivity contribution in [1.29, 1.82) is 0 Å². The van der Waals surface area contributed by atoms with E-state index < -0.39 is 6.04 Å². The van der Waals surface area contributed by atoms with Gasteiger partial charge in [-0.05, 0) is 67.0 Å². The normalized spacial score (nSPS) is 19.5. The Morgan fingerprint density at radius 1 is 1.06 bits per heavy atom. The van der Waals surface area contributed by atoms with Crippen LogP contribution in [0.15, 0.2) is 48.5 Å². The first-order valence-corrected chi connectivity index (χ1v) is 11.4. The fourth-order valence-electron chi connectivity index (χ4n) is 3.99. The van der Waals surface area contributed by atoms with Crippen molar-refractivity contribution < 1.29 is 14.0 Å². The number of alkyl halides is 1. The van der Waals surface area contributed by atoms with Gasteiger partial charge in [-0.15, -0.1) is 11.6 Å².